The quantitative estimate of drug-likeness (QED) is 0.252. The maximum atomic E-state index is 13.4. The summed E-state index contributed by atoms with van der Waals surface area (Å²) in [6.45, 7) is 2.91. The monoisotopic (exact) mass is 453 g/mol. The Balaban J connectivity index is 1.62. The third-order valence-corrected chi connectivity index (χ3v) is 6.80. The number of hydrogen-bond donors (Lipinski definition) is 1. The van der Waals surface area contributed by atoms with Crippen LogP contribution in [-0.2, 0) is 11.2 Å². The number of aliphatic hydroxyl groups excluding tert-OH is 1. The molecular weight excluding hydrogens is 418 g/mol. The fraction of sp³-hybridized carbons (Fsp3) is 0.355. The highest BCUT2D eigenvalue weighted by Gasteiger charge is 2.31. The lowest BCUT2D eigenvalue weighted by Gasteiger charge is -2.25. The third kappa shape index (κ3) is 5.83. The first kappa shape index (κ1) is 23.9. The molecule has 0 heterocycles. The second kappa shape index (κ2) is 11.8. The minimum absolute atomic E-state index is 0.00238. The van der Waals surface area contributed by atoms with Gasteiger partial charge in [-0.15, -0.1) is 0 Å². The number of carbonyl (C=O) groups is 1. The molecular formula is C31H35NO2. The van der Waals surface area contributed by atoms with Crippen molar-refractivity contribution in [2.45, 2.75) is 64.2 Å². The van der Waals surface area contributed by atoms with E-state index in [1.807, 2.05) is 42.5 Å². The Kier molecular flexibility index (Phi) is 8.30. The lowest BCUT2D eigenvalue weighted by molar-refractivity contribution is -0.116. The van der Waals surface area contributed by atoms with Gasteiger partial charge >= 0.3 is 0 Å². The number of Topliss-reactive ketones (excluding diaryl/α,β-unsaturated/α-hetero) is 1. The summed E-state index contributed by atoms with van der Waals surface area (Å²) in [6.07, 6.45) is 7.28. The van der Waals surface area contributed by atoms with Gasteiger partial charge < -0.3 is 5.11 Å². The number of hydrogen-bond acceptors (Lipinski definition) is 3. The van der Waals surface area contributed by atoms with Gasteiger partial charge in [0.2, 0.25) is 0 Å². The highest BCUT2D eigenvalue weighted by molar-refractivity contribution is 6.24. The smallest absolute Gasteiger partial charge is 0.168 e. The van der Waals surface area contributed by atoms with E-state index < -0.39 is 0 Å². The van der Waals surface area contributed by atoms with Crippen LogP contribution in [0.5, 0.6) is 0 Å². The summed E-state index contributed by atoms with van der Waals surface area (Å²) in [6, 6.07) is 24.6. The van der Waals surface area contributed by atoms with Gasteiger partial charge in [-0.1, -0.05) is 105 Å². The Bertz CT molecular complexity index is 1170. The molecule has 0 fully saturated rings. The van der Waals surface area contributed by atoms with E-state index in [0.29, 0.717) is 31.4 Å². The summed E-state index contributed by atoms with van der Waals surface area (Å²) in [5.74, 6) is 0.211. The Morgan fingerprint density at radius 3 is 2.41 bits per heavy atom. The van der Waals surface area contributed by atoms with Crippen molar-refractivity contribution in [3.8, 4) is 0 Å². The number of allylic oxidation sites excluding steroid dienone is 2. The lowest BCUT2D eigenvalue weighted by atomic mass is 9.80. The molecule has 0 saturated carbocycles. The van der Waals surface area contributed by atoms with E-state index in [4.69, 9.17) is 4.99 Å². The fourth-order valence-electron chi connectivity index (χ4n) is 4.96. The zero-order valence-electron chi connectivity index (χ0n) is 20.2. The van der Waals surface area contributed by atoms with Crippen LogP contribution in [0.25, 0.3) is 10.8 Å². The minimum atomic E-state index is 0.00238. The summed E-state index contributed by atoms with van der Waals surface area (Å²) in [4.78, 5) is 18.3. The summed E-state index contributed by atoms with van der Waals surface area (Å²) in [5.41, 5.74) is 3.43. The van der Waals surface area contributed by atoms with E-state index >= 15 is 0 Å². The van der Waals surface area contributed by atoms with Crippen LogP contribution in [0.2, 0.25) is 0 Å². The SMILES string of the molecule is CCCCCCCN=C(Cc1cccc2ccccc12)C1=C(O)CC(c2ccccc2)CC1=O. The van der Waals surface area contributed by atoms with E-state index in [1.165, 1.54) is 30.0 Å². The van der Waals surface area contributed by atoms with Gasteiger partial charge in [-0.2, -0.15) is 0 Å². The first-order valence-corrected chi connectivity index (χ1v) is 12.7. The van der Waals surface area contributed by atoms with Crippen molar-refractivity contribution in [1.29, 1.82) is 0 Å². The van der Waals surface area contributed by atoms with Crippen LogP contribution < -0.4 is 0 Å². The lowest BCUT2D eigenvalue weighted by Crippen LogP contribution is -2.25. The van der Waals surface area contributed by atoms with E-state index in [9.17, 15) is 9.90 Å². The molecule has 1 aliphatic carbocycles. The standard InChI is InChI=1S/C31H35NO2/c1-2-3-4-5-11-19-32-28(20-25-17-12-16-24-15-9-10-18-27(24)25)31-29(33)21-26(22-30(31)34)23-13-7-6-8-14-23/h6-10,12-18,26,33H,2-5,11,19-22H2,1H3. The van der Waals surface area contributed by atoms with Gasteiger partial charge in [0.15, 0.2) is 5.78 Å². The maximum Gasteiger partial charge on any atom is 0.168 e. The van der Waals surface area contributed by atoms with Crippen LogP contribution in [0.4, 0.5) is 0 Å². The van der Waals surface area contributed by atoms with Crippen molar-refractivity contribution in [1.82, 2.24) is 0 Å². The molecule has 1 atom stereocenters. The second-order valence-electron chi connectivity index (χ2n) is 9.32. The number of rotatable bonds is 10. The molecule has 0 saturated heterocycles. The fourth-order valence-corrected chi connectivity index (χ4v) is 4.96. The molecule has 1 unspecified atom stereocenters. The van der Waals surface area contributed by atoms with Crippen molar-refractivity contribution >= 4 is 22.3 Å². The van der Waals surface area contributed by atoms with Crippen LogP contribution in [0.1, 0.15) is 68.9 Å². The van der Waals surface area contributed by atoms with Gasteiger partial charge in [-0.05, 0) is 34.2 Å². The molecule has 0 aliphatic heterocycles. The third-order valence-electron chi connectivity index (χ3n) is 6.80. The molecule has 34 heavy (non-hydrogen) atoms. The Hall–Kier alpha value is -3.20. The second-order valence-corrected chi connectivity index (χ2v) is 9.32. The van der Waals surface area contributed by atoms with Gasteiger partial charge in [-0.25, -0.2) is 0 Å². The largest absolute Gasteiger partial charge is 0.511 e. The maximum absolute atomic E-state index is 13.4. The molecule has 3 heteroatoms. The first-order chi connectivity index (χ1) is 16.7. The molecule has 0 spiro atoms. The number of aliphatic hydroxyl groups is 1. The highest BCUT2D eigenvalue weighted by Crippen LogP contribution is 2.34. The molecule has 0 radical (unpaired) electrons. The predicted molar refractivity (Wildman–Crippen MR) is 142 cm³/mol. The highest BCUT2D eigenvalue weighted by atomic mass is 16.3. The van der Waals surface area contributed by atoms with Gasteiger partial charge in [0.25, 0.3) is 0 Å². The number of carbonyl (C=O) groups excluding carboxylic acids is 1. The summed E-state index contributed by atoms with van der Waals surface area (Å²) in [5, 5.41) is 13.4. The number of ketones is 1. The van der Waals surface area contributed by atoms with Crippen LogP contribution in [0, 0.1) is 0 Å². The molecule has 0 amide bonds. The zero-order chi connectivity index (χ0) is 23.8. The predicted octanol–water partition coefficient (Wildman–Crippen LogP) is 7.75. The number of aliphatic imine (C=N–C) groups is 1. The van der Waals surface area contributed by atoms with Gasteiger partial charge in [0.1, 0.15) is 5.76 Å². The molecule has 1 N–H and O–H groups in total. The van der Waals surface area contributed by atoms with Gasteiger partial charge in [0, 0.05) is 25.8 Å². The van der Waals surface area contributed by atoms with E-state index in [0.717, 1.165) is 29.7 Å². The summed E-state index contributed by atoms with van der Waals surface area (Å²) in [7, 11) is 0. The molecule has 3 aromatic carbocycles. The molecule has 3 aromatic rings. The molecule has 0 aromatic heterocycles. The van der Waals surface area contributed by atoms with Crippen LogP contribution in [0.3, 0.4) is 0 Å². The Labute approximate surface area is 203 Å². The van der Waals surface area contributed by atoms with Crippen molar-refractivity contribution in [2.75, 3.05) is 6.54 Å². The number of nitrogens with zero attached hydrogens (tertiary/aromatic N) is 1. The van der Waals surface area contributed by atoms with Gasteiger partial charge in [-0.3, -0.25) is 9.79 Å². The van der Waals surface area contributed by atoms with Crippen molar-refractivity contribution < 1.29 is 9.90 Å². The van der Waals surface area contributed by atoms with Crippen LogP contribution >= 0.6 is 0 Å². The van der Waals surface area contributed by atoms with E-state index in [-0.39, 0.29) is 17.5 Å². The van der Waals surface area contributed by atoms with Gasteiger partial charge in [0.05, 0.1) is 11.3 Å². The zero-order valence-corrected chi connectivity index (χ0v) is 20.2. The summed E-state index contributed by atoms with van der Waals surface area (Å²) < 4.78 is 0. The van der Waals surface area contributed by atoms with Crippen molar-refractivity contribution in [3.63, 3.8) is 0 Å². The number of unbranched alkanes of at least 4 members (excludes halogenated alkanes) is 4. The first-order valence-electron chi connectivity index (χ1n) is 12.7. The molecule has 0 bridgehead atoms. The van der Waals surface area contributed by atoms with E-state index in [1.54, 1.807) is 0 Å². The average Bonchev–Trinajstić information content (AvgIpc) is 2.86. The average molecular weight is 454 g/mol. The Morgan fingerprint density at radius 2 is 1.62 bits per heavy atom. The van der Waals surface area contributed by atoms with Crippen LogP contribution in [-0.4, -0.2) is 23.1 Å². The number of fused-ring (bicyclic) bond motifs is 1. The number of benzene rings is 3. The summed E-state index contributed by atoms with van der Waals surface area (Å²) >= 11 is 0. The van der Waals surface area contributed by atoms with E-state index in [2.05, 4.69) is 37.3 Å². The molecule has 3 nitrogen and oxygen atoms in total. The molecule has 1 aliphatic rings. The topological polar surface area (TPSA) is 49.7 Å². The minimum Gasteiger partial charge on any atom is -0.511 e. The van der Waals surface area contributed by atoms with Crippen molar-refractivity contribution in [2.24, 2.45) is 4.99 Å². The Morgan fingerprint density at radius 1 is 0.882 bits per heavy atom. The molecule has 4 rings (SSSR count). The normalized spacial score (nSPS) is 16.9. The van der Waals surface area contributed by atoms with Crippen LogP contribution in [0.15, 0.2) is 89.1 Å². The van der Waals surface area contributed by atoms with Crippen molar-refractivity contribution in [3.05, 3.63) is 95.3 Å². The molecule has 176 valence electrons.